The van der Waals surface area contributed by atoms with Crippen molar-refractivity contribution in [2.24, 2.45) is 10.8 Å². The summed E-state index contributed by atoms with van der Waals surface area (Å²) < 4.78 is 10.9. The lowest BCUT2D eigenvalue weighted by atomic mass is 9.65. The highest BCUT2D eigenvalue weighted by atomic mass is 16.5. The van der Waals surface area contributed by atoms with Crippen LogP contribution < -0.4 is 4.74 Å². The van der Waals surface area contributed by atoms with Gasteiger partial charge in [0, 0.05) is 18.2 Å². The van der Waals surface area contributed by atoms with Crippen molar-refractivity contribution < 1.29 is 13.9 Å². The second-order valence-electron chi connectivity index (χ2n) is 8.79. The van der Waals surface area contributed by atoms with E-state index in [1.165, 1.54) is 12.8 Å². The molecule has 2 atom stereocenters. The van der Waals surface area contributed by atoms with Gasteiger partial charge in [0.05, 0.1) is 0 Å². The summed E-state index contributed by atoms with van der Waals surface area (Å²) in [6.07, 6.45) is 4.67. The molecule has 1 amide bonds. The lowest BCUT2D eigenvalue weighted by molar-refractivity contribution is -0.134. The highest BCUT2D eigenvalue weighted by Crippen LogP contribution is 2.52. The molecule has 26 heavy (non-hydrogen) atoms. The average molecular weight is 355 g/mol. The van der Waals surface area contributed by atoms with Crippen molar-refractivity contribution in [1.29, 1.82) is 0 Å². The number of carbonyl (C=O) groups is 1. The normalized spacial score (nSPS) is 26.7. The third-order valence-corrected chi connectivity index (χ3v) is 5.56. The van der Waals surface area contributed by atoms with E-state index in [-0.39, 0.29) is 17.9 Å². The maximum atomic E-state index is 12.7. The number of carbonyl (C=O) groups excluding carboxylic acids is 1. The van der Waals surface area contributed by atoms with Crippen LogP contribution >= 0.6 is 0 Å². The Balaban J connectivity index is 1.37. The quantitative estimate of drug-likeness (QED) is 0.839. The molecular formula is C20H25N3O3. The van der Waals surface area contributed by atoms with Crippen LogP contribution in [-0.2, 0) is 4.79 Å². The number of nitrogens with zero attached hydrogens (tertiary/aromatic N) is 3. The van der Waals surface area contributed by atoms with E-state index in [1.807, 2.05) is 29.2 Å². The van der Waals surface area contributed by atoms with Crippen molar-refractivity contribution in [3.63, 3.8) is 0 Å². The first-order valence-corrected chi connectivity index (χ1v) is 9.13. The van der Waals surface area contributed by atoms with Crippen molar-refractivity contribution in [3.05, 3.63) is 30.7 Å². The second-order valence-corrected chi connectivity index (χ2v) is 8.79. The number of hydrogen-bond donors (Lipinski definition) is 0. The van der Waals surface area contributed by atoms with E-state index in [0.717, 1.165) is 24.9 Å². The Kier molecular flexibility index (Phi) is 4.01. The van der Waals surface area contributed by atoms with Crippen molar-refractivity contribution in [2.45, 2.75) is 46.1 Å². The van der Waals surface area contributed by atoms with Crippen LogP contribution in [0.25, 0.3) is 11.5 Å². The fraction of sp³-hybridized carbons (Fsp3) is 0.550. The molecule has 0 spiro atoms. The molecular weight excluding hydrogens is 330 g/mol. The highest BCUT2D eigenvalue weighted by molar-refractivity contribution is 5.78. The number of rotatable bonds is 4. The van der Waals surface area contributed by atoms with Gasteiger partial charge in [-0.25, -0.2) is 0 Å². The minimum absolute atomic E-state index is 0.0763. The van der Waals surface area contributed by atoms with E-state index in [4.69, 9.17) is 9.15 Å². The predicted octanol–water partition coefficient (Wildman–Crippen LogP) is 3.54. The topological polar surface area (TPSA) is 68.5 Å². The third kappa shape index (κ3) is 3.32. The zero-order chi connectivity index (χ0) is 18.4. The SMILES string of the molecule is CC1(C)C[C@@H]2C[C@@](C)(CN2C(=O)COc2ccc(-c3nnco3)cc2)C1. The summed E-state index contributed by atoms with van der Waals surface area (Å²) in [4.78, 5) is 14.8. The molecule has 2 aliphatic rings. The Bertz CT molecular complexity index is 785. The molecule has 2 aromatic rings. The number of aromatic nitrogens is 2. The molecule has 1 aromatic heterocycles. The van der Waals surface area contributed by atoms with Gasteiger partial charge in [0.25, 0.3) is 5.91 Å². The van der Waals surface area contributed by atoms with Crippen molar-refractivity contribution in [1.82, 2.24) is 15.1 Å². The van der Waals surface area contributed by atoms with Crippen molar-refractivity contribution >= 4 is 5.91 Å². The summed E-state index contributed by atoms with van der Waals surface area (Å²) >= 11 is 0. The molecule has 138 valence electrons. The van der Waals surface area contributed by atoms with E-state index in [9.17, 15) is 4.79 Å². The molecule has 6 heteroatoms. The Labute approximate surface area is 153 Å². The predicted molar refractivity (Wildman–Crippen MR) is 96.5 cm³/mol. The number of amides is 1. The van der Waals surface area contributed by atoms with E-state index in [1.54, 1.807) is 0 Å². The molecule has 2 heterocycles. The highest BCUT2D eigenvalue weighted by Gasteiger charge is 2.50. The Hall–Kier alpha value is -2.37. The molecule has 1 aromatic carbocycles. The summed E-state index contributed by atoms with van der Waals surface area (Å²) in [5, 5.41) is 7.54. The Morgan fingerprint density at radius 1 is 1.27 bits per heavy atom. The molecule has 1 saturated heterocycles. The molecule has 0 radical (unpaired) electrons. The molecule has 0 N–H and O–H groups in total. The van der Waals surface area contributed by atoms with Gasteiger partial charge in [0.1, 0.15) is 5.75 Å². The van der Waals surface area contributed by atoms with Crippen molar-refractivity contribution in [2.75, 3.05) is 13.2 Å². The van der Waals surface area contributed by atoms with Crippen LogP contribution in [0.1, 0.15) is 40.0 Å². The van der Waals surface area contributed by atoms with Gasteiger partial charge < -0.3 is 14.1 Å². The zero-order valence-electron chi connectivity index (χ0n) is 15.6. The molecule has 1 aliphatic carbocycles. The number of likely N-dealkylation sites (tertiary alicyclic amines) is 1. The van der Waals surface area contributed by atoms with Gasteiger partial charge in [-0.15, -0.1) is 10.2 Å². The van der Waals surface area contributed by atoms with E-state index in [2.05, 4.69) is 31.0 Å². The molecule has 4 rings (SSSR count). The summed E-state index contributed by atoms with van der Waals surface area (Å²) in [5.41, 5.74) is 1.37. The maximum absolute atomic E-state index is 12.7. The van der Waals surface area contributed by atoms with Crippen LogP contribution in [0.2, 0.25) is 0 Å². The lowest BCUT2D eigenvalue weighted by Gasteiger charge is -2.39. The molecule has 2 bridgehead atoms. The summed E-state index contributed by atoms with van der Waals surface area (Å²) in [7, 11) is 0. The lowest BCUT2D eigenvalue weighted by Crippen LogP contribution is -2.40. The standard InChI is InChI=1S/C20H25N3O3/c1-19(2)8-15-9-20(3,11-19)12-23(15)17(24)10-25-16-6-4-14(5-7-16)18-22-21-13-26-18/h4-7,13,15H,8-12H2,1-3H3/t15-,20-/m1/s1. The van der Waals surface area contributed by atoms with E-state index >= 15 is 0 Å². The van der Waals surface area contributed by atoms with Gasteiger partial charge >= 0.3 is 0 Å². The first-order valence-electron chi connectivity index (χ1n) is 9.13. The molecule has 0 unspecified atom stereocenters. The van der Waals surface area contributed by atoms with Crippen LogP contribution in [0, 0.1) is 10.8 Å². The number of hydrogen-bond acceptors (Lipinski definition) is 5. The van der Waals surface area contributed by atoms with Crippen LogP contribution in [0.5, 0.6) is 5.75 Å². The molecule has 2 fully saturated rings. The Morgan fingerprint density at radius 3 is 2.73 bits per heavy atom. The molecule has 1 saturated carbocycles. The minimum Gasteiger partial charge on any atom is -0.484 e. The smallest absolute Gasteiger partial charge is 0.260 e. The monoisotopic (exact) mass is 355 g/mol. The van der Waals surface area contributed by atoms with Gasteiger partial charge in [-0.05, 0) is 54.4 Å². The summed E-state index contributed by atoms with van der Waals surface area (Å²) in [5.74, 6) is 1.21. The number of fused-ring (bicyclic) bond motifs is 2. The molecule has 6 nitrogen and oxygen atoms in total. The average Bonchev–Trinajstić information content (AvgIpc) is 3.18. The van der Waals surface area contributed by atoms with E-state index in [0.29, 0.717) is 23.1 Å². The fourth-order valence-corrected chi connectivity index (χ4v) is 4.97. The maximum Gasteiger partial charge on any atom is 0.260 e. The zero-order valence-corrected chi connectivity index (χ0v) is 15.6. The first-order chi connectivity index (χ1) is 12.3. The third-order valence-electron chi connectivity index (χ3n) is 5.56. The summed E-state index contributed by atoms with van der Waals surface area (Å²) in [6, 6.07) is 7.68. The van der Waals surface area contributed by atoms with E-state index < -0.39 is 0 Å². The van der Waals surface area contributed by atoms with Crippen molar-refractivity contribution in [3.8, 4) is 17.2 Å². The Morgan fingerprint density at radius 2 is 2.04 bits per heavy atom. The first kappa shape index (κ1) is 17.1. The van der Waals surface area contributed by atoms with Crippen LogP contribution in [0.3, 0.4) is 0 Å². The summed E-state index contributed by atoms with van der Waals surface area (Å²) in [6.45, 7) is 7.86. The second kappa shape index (κ2) is 6.11. The minimum atomic E-state index is 0.0763. The number of benzene rings is 1. The van der Waals surface area contributed by atoms with Crippen LogP contribution in [0.15, 0.2) is 35.1 Å². The van der Waals surface area contributed by atoms with Gasteiger partial charge in [0.15, 0.2) is 6.61 Å². The fourth-order valence-electron chi connectivity index (χ4n) is 4.97. The molecule has 1 aliphatic heterocycles. The van der Waals surface area contributed by atoms with Crippen LogP contribution in [0.4, 0.5) is 0 Å². The largest absolute Gasteiger partial charge is 0.484 e. The van der Waals surface area contributed by atoms with Gasteiger partial charge in [-0.2, -0.15) is 0 Å². The van der Waals surface area contributed by atoms with Crippen LogP contribution in [-0.4, -0.2) is 40.2 Å². The van der Waals surface area contributed by atoms with Gasteiger partial charge in [0.2, 0.25) is 12.3 Å². The van der Waals surface area contributed by atoms with Gasteiger partial charge in [-0.1, -0.05) is 20.8 Å². The number of ether oxygens (including phenoxy) is 1. The van der Waals surface area contributed by atoms with Gasteiger partial charge in [-0.3, -0.25) is 4.79 Å².